The van der Waals surface area contributed by atoms with E-state index in [0.29, 0.717) is 19.3 Å². The molecule has 4 heteroatoms. The van der Waals surface area contributed by atoms with E-state index < -0.39 is 11.9 Å². The number of ether oxygens (including phenoxy) is 1. The van der Waals surface area contributed by atoms with E-state index in [-0.39, 0.29) is 18.0 Å². The number of aliphatic carboxylic acids is 1. The highest BCUT2D eigenvalue weighted by Crippen LogP contribution is 2.38. The Balaban J connectivity index is 2.18. The molecule has 2 aliphatic rings. The Morgan fingerprint density at radius 2 is 2.25 bits per heavy atom. The van der Waals surface area contributed by atoms with E-state index >= 15 is 0 Å². The second-order valence-electron chi connectivity index (χ2n) is 3.42. The van der Waals surface area contributed by atoms with Gasteiger partial charge in [-0.15, -0.1) is 0 Å². The molecule has 3 atom stereocenters. The molecule has 3 unspecified atom stereocenters. The molecule has 0 radical (unpaired) electrons. The van der Waals surface area contributed by atoms with Crippen LogP contribution in [-0.2, 0) is 14.3 Å². The minimum Gasteiger partial charge on any atom is -0.481 e. The van der Waals surface area contributed by atoms with E-state index in [1.165, 1.54) is 0 Å². The van der Waals surface area contributed by atoms with Crippen molar-refractivity contribution in [3.8, 4) is 0 Å². The summed E-state index contributed by atoms with van der Waals surface area (Å²) in [7, 11) is 0. The summed E-state index contributed by atoms with van der Waals surface area (Å²) in [5.41, 5.74) is 0. The summed E-state index contributed by atoms with van der Waals surface area (Å²) in [6.07, 6.45) is 1.89. The lowest BCUT2D eigenvalue weighted by molar-refractivity contribution is -0.150. The topological polar surface area (TPSA) is 63.6 Å². The fourth-order valence-electron chi connectivity index (χ4n) is 2.05. The van der Waals surface area contributed by atoms with Crippen LogP contribution in [0.5, 0.6) is 0 Å². The van der Waals surface area contributed by atoms with Crippen LogP contribution in [0.15, 0.2) is 0 Å². The van der Waals surface area contributed by atoms with Gasteiger partial charge in [-0.1, -0.05) is 0 Å². The molecule has 0 aromatic carbocycles. The molecular weight excluding hydrogens is 160 g/mol. The minimum atomic E-state index is -0.864. The molecule has 1 N–H and O–H groups in total. The minimum absolute atomic E-state index is 0.00176. The third-order valence-electron chi connectivity index (χ3n) is 2.70. The summed E-state index contributed by atoms with van der Waals surface area (Å²) in [6, 6.07) is 0. The molecular formula is C8H10O4. The van der Waals surface area contributed by atoms with E-state index in [9.17, 15) is 9.59 Å². The zero-order valence-corrected chi connectivity index (χ0v) is 6.53. The first-order valence-electron chi connectivity index (χ1n) is 4.12. The molecule has 1 aliphatic heterocycles. The van der Waals surface area contributed by atoms with Crippen LogP contribution in [0.1, 0.15) is 19.3 Å². The average Bonchev–Trinajstić information content (AvgIpc) is 2.28. The lowest BCUT2D eigenvalue weighted by Gasteiger charge is -2.20. The van der Waals surface area contributed by atoms with Crippen LogP contribution < -0.4 is 0 Å². The SMILES string of the molecule is O=C(O)C1CCC2CC1C(=O)O2. The Kier molecular flexibility index (Phi) is 1.56. The van der Waals surface area contributed by atoms with Crippen molar-refractivity contribution in [2.45, 2.75) is 25.4 Å². The number of esters is 1. The lowest BCUT2D eigenvalue weighted by Crippen LogP contribution is -2.29. The largest absolute Gasteiger partial charge is 0.481 e. The maximum Gasteiger partial charge on any atom is 0.310 e. The highest BCUT2D eigenvalue weighted by molar-refractivity contribution is 5.83. The van der Waals surface area contributed by atoms with Crippen molar-refractivity contribution in [2.75, 3.05) is 0 Å². The summed E-state index contributed by atoms with van der Waals surface area (Å²) in [5.74, 6) is -2.06. The summed E-state index contributed by atoms with van der Waals surface area (Å²) >= 11 is 0. The van der Waals surface area contributed by atoms with E-state index in [1.807, 2.05) is 0 Å². The van der Waals surface area contributed by atoms with Crippen molar-refractivity contribution < 1.29 is 19.4 Å². The Bertz CT molecular complexity index is 235. The predicted molar refractivity (Wildman–Crippen MR) is 38.3 cm³/mol. The number of carboxylic acid groups (broad SMARTS) is 1. The van der Waals surface area contributed by atoms with Crippen LogP contribution in [-0.4, -0.2) is 23.1 Å². The Labute approximate surface area is 69.5 Å². The zero-order chi connectivity index (χ0) is 8.72. The van der Waals surface area contributed by atoms with Gasteiger partial charge in [0.05, 0.1) is 11.8 Å². The molecule has 66 valence electrons. The van der Waals surface area contributed by atoms with Gasteiger partial charge in [-0.3, -0.25) is 9.59 Å². The smallest absolute Gasteiger partial charge is 0.310 e. The van der Waals surface area contributed by atoms with Gasteiger partial charge in [-0.25, -0.2) is 0 Å². The highest BCUT2D eigenvalue weighted by atomic mass is 16.6. The summed E-state index contributed by atoms with van der Waals surface area (Å²) in [6.45, 7) is 0. The van der Waals surface area contributed by atoms with E-state index in [0.717, 1.165) is 0 Å². The molecule has 0 spiro atoms. The number of carbonyl (C=O) groups is 2. The van der Waals surface area contributed by atoms with Gasteiger partial charge in [0.2, 0.25) is 0 Å². The molecule has 1 aliphatic carbocycles. The fourth-order valence-corrected chi connectivity index (χ4v) is 2.05. The number of carbonyl (C=O) groups excluding carboxylic acids is 1. The molecule has 1 heterocycles. The summed E-state index contributed by atoms with van der Waals surface area (Å²) < 4.78 is 4.96. The molecule has 2 rings (SSSR count). The highest BCUT2D eigenvalue weighted by Gasteiger charge is 2.46. The van der Waals surface area contributed by atoms with Crippen molar-refractivity contribution in [1.29, 1.82) is 0 Å². The molecule has 0 aromatic heterocycles. The molecule has 0 amide bonds. The van der Waals surface area contributed by atoms with Crippen molar-refractivity contribution in [1.82, 2.24) is 0 Å². The molecule has 0 aromatic rings. The zero-order valence-electron chi connectivity index (χ0n) is 6.53. The van der Waals surface area contributed by atoms with Crippen LogP contribution >= 0.6 is 0 Å². The lowest BCUT2D eigenvalue weighted by atomic mass is 9.80. The normalized spacial score (nSPS) is 39.3. The monoisotopic (exact) mass is 170 g/mol. The Hall–Kier alpha value is -1.06. The van der Waals surface area contributed by atoms with Gasteiger partial charge in [0.25, 0.3) is 0 Å². The quantitative estimate of drug-likeness (QED) is 0.579. The van der Waals surface area contributed by atoms with Gasteiger partial charge in [-0.05, 0) is 19.3 Å². The van der Waals surface area contributed by atoms with E-state index in [1.54, 1.807) is 0 Å². The average molecular weight is 170 g/mol. The van der Waals surface area contributed by atoms with Crippen LogP contribution in [0, 0.1) is 11.8 Å². The third kappa shape index (κ3) is 0.983. The molecule has 2 bridgehead atoms. The van der Waals surface area contributed by atoms with E-state index in [2.05, 4.69) is 0 Å². The standard InChI is InChI=1S/C8H10O4/c9-7(10)5-2-1-4-3-6(5)8(11)12-4/h4-6H,1-3H2,(H,9,10). The van der Waals surface area contributed by atoms with Gasteiger partial charge < -0.3 is 9.84 Å². The Morgan fingerprint density at radius 1 is 1.50 bits per heavy atom. The summed E-state index contributed by atoms with van der Waals surface area (Å²) in [4.78, 5) is 21.8. The van der Waals surface area contributed by atoms with Crippen molar-refractivity contribution in [3.63, 3.8) is 0 Å². The predicted octanol–water partition coefficient (Wildman–Crippen LogP) is 0.413. The second-order valence-corrected chi connectivity index (χ2v) is 3.42. The first-order chi connectivity index (χ1) is 5.68. The number of rotatable bonds is 1. The van der Waals surface area contributed by atoms with Crippen LogP contribution in [0.4, 0.5) is 0 Å². The van der Waals surface area contributed by atoms with Crippen LogP contribution in [0.3, 0.4) is 0 Å². The number of hydrogen-bond donors (Lipinski definition) is 1. The number of carboxylic acids is 1. The third-order valence-corrected chi connectivity index (χ3v) is 2.70. The van der Waals surface area contributed by atoms with Gasteiger partial charge >= 0.3 is 11.9 Å². The second kappa shape index (κ2) is 2.47. The maximum atomic E-state index is 11.1. The van der Waals surface area contributed by atoms with Crippen molar-refractivity contribution in [2.24, 2.45) is 11.8 Å². The van der Waals surface area contributed by atoms with Gasteiger partial charge in [0.1, 0.15) is 6.10 Å². The molecule has 12 heavy (non-hydrogen) atoms. The van der Waals surface area contributed by atoms with Crippen molar-refractivity contribution in [3.05, 3.63) is 0 Å². The van der Waals surface area contributed by atoms with Crippen molar-refractivity contribution >= 4 is 11.9 Å². The van der Waals surface area contributed by atoms with Gasteiger partial charge in [0.15, 0.2) is 0 Å². The maximum absolute atomic E-state index is 11.1. The molecule has 2 fully saturated rings. The first kappa shape index (κ1) is 7.58. The first-order valence-corrected chi connectivity index (χ1v) is 4.12. The van der Waals surface area contributed by atoms with Gasteiger partial charge in [-0.2, -0.15) is 0 Å². The van der Waals surface area contributed by atoms with Crippen LogP contribution in [0.25, 0.3) is 0 Å². The van der Waals surface area contributed by atoms with E-state index in [4.69, 9.17) is 9.84 Å². The fraction of sp³-hybridized carbons (Fsp3) is 0.750. The number of fused-ring (bicyclic) bond motifs is 2. The Morgan fingerprint density at radius 3 is 2.92 bits per heavy atom. The summed E-state index contributed by atoms with van der Waals surface area (Å²) in [5, 5.41) is 8.77. The van der Waals surface area contributed by atoms with Crippen LogP contribution in [0.2, 0.25) is 0 Å². The van der Waals surface area contributed by atoms with Gasteiger partial charge in [0, 0.05) is 0 Å². The number of hydrogen-bond acceptors (Lipinski definition) is 3. The molecule has 4 nitrogen and oxygen atoms in total. The molecule has 1 saturated heterocycles. The molecule has 1 saturated carbocycles.